The molecule has 0 fully saturated rings. The van der Waals surface area contributed by atoms with E-state index in [1.165, 1.54) is 36.3 Å². The second-order valence-electron chi connectivity index (χ2n) is 7.52. The van der Waals surface area contributed by atoms with E-state index < -0.39 is 23.8 Å². The van der Waals surface area contributed by atoms with Crippen LogP contribution in [0.3, 0.4) is 0 Å². The zero-order valence-corrected chi connectivity index (χ0v) is 20.6. The number of anilines is 2. The van der Waals surface area contributed by atoms with Crippen LogP contribution in [-0.2, 0) is 9.53 Å². The van der Waals surface area contributed by atoms with Crippen LogP contribution in [0.5, 0.6) is 11.5 Å². The first-order chi connectivity index (χ1) is 17.3. The maximum Gasteiger partial charge on any atom is 0.273 e. The SMILES string of the molecule is CCOc1ccc(N(C(=O)c2snc(C(N)=O)c2N)[C@@H](C(=O)NCCOC)c2ccc(O)cc2)cc1. The maximum absolute atomic E-state index is 13.9. The van der Waals surface area contributed by atoms with Crippen molar-refractivity contribution in [3.05, 3.63) is 64.7 Å². The van der Waals surface area contributed by atoms with Crippen LogP contribution >= 0.6 is 11.5 Å². The number of hydrogen-bond donors (Lipinski definition) is 4. The lowest BCUT2D eigenvalue weighted by atomic mass is 10.0. The molecule has 0 saturated carbocycles. The van der Waals surface area contributed by atoms with Crippen molar-refractivity contribution in [2.24, 2.45) is 5.73 Å². The Balaban J connectivity index is 2.16. The van der Waals surface area contributed by atoms with E-state index in [9.17, 15) is 19.5 Å². The first kappa shape index (κ1) is 26.4. The molecule has 1 aromatic heterocycles. The average Bonchev–Trinajstić information content (AvgIpc) is 3.25. The van der Waals surface area contributed by atoms with E-state index in [1.807, 2.05) is 6.92 Å². The minimum atomic E-state index is -1.17. The van der Waals surface area contributed by atoms with Crippen molar-refractivity contribution in [1.29, 1.82) is 0 Å². The molecule has 6 N–H and O–H groups in total. The van der Waals surface area contributed by atoms with Gasteiger partial charge in [0.25, 0.3) is 11.8 Å². The van der Waals surface area contributed by atoms with Crippen LogP contribution < -0.4 is 26.4 Å². The number of phenolic OH excluding ortho intramolecular Hbond substituents is 1. The Kier molecular flexibility index (Phi) is 8.81. The highest BCUT2D eigenvalue weighted by Crippen LogP contribution is 2.34. The summed E-state index contributed by atoms with van der Waals surface area (Å²) in [5.74, 6) is -1.47. The van der Waals surface area contributed by atoms with Crippen molar-refractivity contribution in [1.82, 2.24) is 9.69 Å². The molecule has 0 unspecified atom stereocenters. The van der Waals surface area contributed by atoms with E-state index in [0.29, 0.717) is 35.1 Å². The number of phenols is 1. The molecular weight excluding hydrogens is 486 g/mol. The molecule has 3 amide bonds. The summed E-state index contributed by atoms with van der Waals surface area (Å²) in [7, 11) is 1.50. The van der Waals surface area contributed by atoms with Gasteiger partial charge in [0.1, 0.15) is 22.4 Å². The van der Waals surface area contributed by atoms with Crippen LogP contribution in [0.25, 0.3) is 0 Å². The molecule has 0 bridgehead atoms. The zero-order chi connectivity index (χ0) is 26.2. The molecule has 3 aromatic rings. The largest absolute Gasteiger partial charge is 0.508 e. The quantitative estimate of drug-likeness (QED) is 0.282. The van der Waals surface area contributed by atoms with Gasteiger partial charge in [-0.3, -0.25) is 19.3 Å². The molecule has 0 radical (unpaired) electrons. The standard InChI is InChI=1S/C24H27N5O6S/c1-3-35-17-10-6-15(7-11-17)29(24(33)21-18(25)19(22(26)31)28-36-21)20(23(32)27-12-13-34-2)14-4-8-16(30)9-5-14/h4-11,20,30H,3,12-13,25H2,1-2H3,(H2,26,31)(H,27,32)/t20-/m1/s1. The minimum absolute atomic E-state index is 0.00552. The van der Waals surface area contributed by atoms with E-state index in [2.05, 4.69) is 9.69 Å². The number of nitrogens with one attached hydrogen (secondary N) is 1. The van der Waals surface area contributed by atoms with Crippen molar-refractivity contribution in [2.45, 2.75) is 13.0 Å². The molecule has 1 heterocycles. The molecule has 3 rings (SSSR count). The van der Waals surface area contributed by atoms with Crippen LogP contribution in [-0.4, -0.2) is 54.1 Å². The number of ether oxygens (including phenoxy) is 2. The third-order valence-electron chi connectivity index (χ3n) is 5.12. The molecule has 1 atom stereocenters. The van der Waals surface area contributed by atoms with Gasteiger partial charge in [-0.25, -0.2) is 0 Å². The molecule has 0 aliphatic carbocycles. The van der Waals surface area contributed by atoms with Gasteiger partial charge in [0.05, 0.1) is 18.9 Å². The smallest absolute Gasteiger partial charge is 0.273 e. The van der Waals surface area contributed by atoms with Gasteiger partial charge in [0.15, 0.2) is 5.69 Å². The lowest BCUT2D eigenvalue weighted by Crippen LogP contribution is -2.44. The number of aromatic nitrogens is 1. The fourth-order valence-corrected chi connectivity index (χ4v) is 4.18. The van der Waals surface area contributed by atoms with E-state index in [4.69, 9.17) is 20.9 Å². The Morgan fingerprint density at radius 2 is 1.81 bits per heavy atom. The van der Waals surface area contributed by atoms with Gasteiger partial charge in [-0.2, -0.15) is 4.37 Å². The van der Waals surface area contributed by atoms with Crippen LogP contribution in [0.2, 0.25) is 0 Å². The number of nitrogens with two attached hydrogens (primary N) is 2. The summed E-state index contributed by atoms with van der Waals surface area (Å²) in [6.07, 6.45) is 0. The van der Waals surface area contributed by atoms with Crippen molar-refractivity contribution >= 4 is 40.6 Å². The molecule has 11 nitrogen and oxygen atoms in total. The third-order valence-corrected chi connectivity index (χ3v) is 5.97. The normalized spacial score (nSPS) is 11.5. The first-order valence-electron chi connectivity index (χ1n) is 10.9. The molecule has 36 heavy (non-hydrogen) atoms. The van der Waals surface area contributed by atoms with Crippen molar-refractivity contribution < 1.29 is 29.0 Å². The molecule has 0 aliphatic rings. The topological polar surface area (TPSA) is 170 Å². The Labute approximate surface area is 211 Å². The molecule has 0 saturated heterocycles. The molecule has 190 valence electrons. The lowest BCUT2D eigenvalue weighted by Gasteiger charge is -2.31. The number of rotatable bonds is 11. The Bertz CT molecular complexity index is 1210. The van der Waals surface area contributed by atoms with Crippen LogP contribution in [0.15, 0.2) is 48.5 Å². The number of primary amides is 1. The van der Waals surface area contributed by atoms with Gasteiger partial charge < -0.3 is 31.4 Å². The van der Waals surface area contributed by atoms with Gasteiger partial charge >= 0.3 is 0 Å². The van der Waals surface area contributed by atoms with E-state index in [0.717, 1.165) is 0 Å². The lowest BCUT2D eigenvalue weighted by molar-refractivity contribution is -0.122. The molecule has 0 aliphatic heterocycles. The molecular formula is C24H27N5O6S. The summed E-state index contributed by atoms with van der Waals surface area (Å²) in [6, 6.07) is 11.3. The predicted molar refractivity (Wildman–Crippen MR) is 135 cm³/mol. The number of amides is 3. The zero-order valence-electron chi connectivity index (χ0n) is 19.8. The Morgan fingerprint density at radius 3 is 2.36 bits per heavy atom. The Hall–Kier alpha value is -4.16. The van der Waals surface area contributed by atoms with E-state index in [1.54, 1.807) is 24.3 Å². The number of carbonyl (C=O) groups is 3. The summed E-state index contributed by atoms with van der Waals surface area (Å²) in [6.45, 7) is 2.75. The highest BCUT2D eigenvalue weighted by atomic mass is 32.1. The van der Waals surface area contributed by atoms with E-state index >= 15 is 0 Å². The summed E-state index contributed by atoms with van der Waals surface area (Å²) in [4.78, 5) is 40.2. The third kappa shape index (κ3) is 5.90. The fourth-order valence-electron chi connectivity index (χ4n) is 3.44. The summed E-state index contributed by atoms with van der Waals surface area (Å²) in [5.41, 5.74) is 11.8. The number of nitrogen functional groups attached to an aromatic ring is 1. The van der Waals surface area contributed by atoms with Gasteiger partial charge in [0, 0.05) is 19.3 Å². The highest BCUT2D eigenvalue weighted by Gasteiger charge is 2.36. The number of hydrogen-bond acceptors (Lipinski definition) is 9. The number of nitrogens with zero attached hydrogens (tertiary/aromatic N) is 2. The average molecular weight is 514 g/mol. The van der Waals surface area contributed by atoms with E-state index in [-0.39, 0.29) is 35.2 Å². The number of carbonyl (C=O) groups excluding carboxylic acids is 3. The Morgan fingerprint density at radius 1 is 1.14 bits per heavy atom. The van der Waals surface area contributed by atoms with Crippen LogP contribution in [0, 0.1) is 0 Å². The number of aromatic hydroxyl groups is 1. The monoisotopic (exact) mass is 513 g/mol. The van der Waals surface area contributed by atoms with Crippen molar-refractivity contribution in [3.63, 3.8) is 0 Å². The molecule has 0 spiro atoms. The van der Waals surface area contributed by atoms with Crippen LogP contribution in [0.4, 0.5) is 11.4 Å². The van der Waals surface area contributed by atoms with Crippen molar-refractivity contribution in [3.8, 4) is 11.5 Å². The van der Waals surface area contributed by atoms with Gasteiger partial charge in [0.2, 0.25) is 5.91 Å². The predicted octanol–water partition coefficient (Wildman–Crippen LogP) is 2.08. The van der Waals surface area contributed by atoms with Gasteiger partial charge in [-0.15, -0.1) is 0 Å². The second kappa shape index (κ2) is 12.0. The fraction of sp³-hybridized carbons (Fsp3) is 0.250. The summed E-state index contributed by atoms with van der Waals surface area (Å²) < 4.78 is 14.4. The highest BCUT2D eigenvalue weighted by molar-refractivity contribution is 7.09. The van der Waals surface area contributed by atoms with Crippen LogP contribution in [0.1, 0.15) is 38.7 Å². The number of benzene rings is 2. The summed E-state index contributed by atoms with van der Waals surface area (Å²) in [5, 5.41) is 12.5. The molecule has 12 heteroatoms. The minimum Gasteiger partial charge on any atom is -0.508 e. The van der Waals surface area contributed by atoms with Crippen molar-refractivity contribution in [2.75, 3.05) is 37.5 Å². The van der Waals surface area contributed by atoms with Gasteiger partial charge in [-0.1, -0.05) is 12.1 Å². The first-order valence-corrected chi connectivity index (χ1v) is 11.7. The number of methoxy groups -OCH3 is 1. The maximum atomic E-state index is 13.9. The van der Waals surface area contributed by atoms with Gasteiger partial charge in [-0.05, 0) is 60.4 Å². The second-order valence-corrected chi connectivity index (χ2v) is 8.29. The summed E-state index contributed by atoms with van der Waals surface area (Å²) >= 11 is 0.712. The molecule has 2 aromatic carbocycles.